The highest BCUT2D eigenvalue weighted by Gasteiger charge is 2.30. The summed E-state index contributed by atoms with van der Waals surface area (Å²) in [6.45, 7) is 8.05. The molecule has 0 amide bonds. The third kappa shape index (κ3) is 3.75. The smallest absolute Gasteiger partial charge is 0.125 e. The van der Waals surface area contributed by atoms with Gasteiger partial charge in [-0.3, -0.25) is 4.90 Å². The van der Waals surface area contributed by atoms with Gasteiger partial charge in [0.25, 0.3) is 0 Å². The average molecular weight is 371 g/mol. The first-order chi connectivity index (χ1) is 12.8. The van der Waals surface area contributed by atoms with E-state index in [0.717, 1.165) is 33.6 Å². The Bertz CT molecular complexity index is 832. The van der Waals surface area contributed by atoms with Crippen LogP contribution in [-0.2, 0) is 13.1 Å². The van der Waals surface area contributed by atoms with E-state index in [0.29, 0.717) is 31.1 Å². The summed E-state index contributed by atoms with van der Waals surface area (Å²) >= 11 is 0. The zero-order valence-corrected chi connectivity index (χ0v) is 16.7. The second-order valence-electron chi connectivity index (χ2n) is 7.54. The third-order valence-corrected chi connectivity index (χ3v) is 5.36. The first-order valence-corrected chi connectivity index (χ1v) is 9.32. The van der Waals surface area contributed by atoms with Crippen molar-refractivity contribution in [2.45, 2.75) is 45.9 Å². The minimum atomic E-state index is -0.638. The molecule has 0 unspecified atom stereocenters. The number of aliphatic hydroxyl groups excluding tert-OH is 1. The zero-order valence-electron chi connectivity index (χ0n) is 16.7. The molecule has 0 aliphatic carbocycles. The SMILES string of the molecule is COc1ccc(OC)c2c1CN(Cc1cc(C(C)C)c(O)cc1C)C[C@@H]2O. The van der Waals surface area contributed by atoms with E-state index < -0.39 is 6.10 Å². The van der Waals surface area contributed by atoms with Crippen LogP contribution in [0.5, 0.6) is 17.2 Å². The molecule has 2 aromatic rings. The molecule has 1 aliphatic heterocycles. The topological polar surface area (TPSA) is 62.2 Å². The fraction of sp³-hybridized carbons (Fsp3) is 0.455. The number of rotatable bonds is 5. The number of phenolic OH excluding ortho intramolecular Hbond substituents is 1. The molecule has 1 atom stereocenters. The molecule has 0 aromatic heterocycles. The quantitative estimate of drug-likeness (QED) is 0.835. The Kier molecular flexibility index (Phi) is 5.63. The van der Waals surface area contributed by atoms with Crippen LogP contribution >= 0.6 is 0 Å². The third-order valence-electron chi connectivity index (χ3n) is 5.36. The first-order valence-electron chi connectivity index (χ1n) is 9.32. The summed E-state index contributed by atoms with van der Waals surface area (Å²) in [5.74, 6) is 2.06. The van der Waals surface area contributed by atoms with E-state index in [1.54, 1.807) is 14.2 Å². The molecule has 27 heavy (non-hydrogen) atoms. The largest absolute Gasteiger partial charge is 0.508 e. The molecule has 1 heterocycles. The van der Waals surface area contributed by atoms with Crippen molar-refractivity contribution in [1.82, 2.24) is 4.90 Å². The predicted molar refractivity (Wildman–Crippen MR) is 106 cm³/mol. The number of nitrogens with zero attached hydrogens (tertiary/aromatic N) is 1. The molecule has 0 saturated carbocycles. The minimum Gasteiger partial charge on any atom is -0.508 e. The van der Waals surface area contributed by atoms with Gasteiger partial charge in [-0.2, -0.15) is 0 Å². The van der Waals surface area contributed by atoms with Crippen molar-refractivity contribution < 1.29 is 19.7 Å². The van der Waals surface area contributed by atoms with E-state index in [9.17, 15) is 10.2 Å². The Hall–Kier alpha value is -2.24. The summed E-state index contributed by atoms with van der Waals surface area (Å²) in [7, 11) is 3.26. The van der Waals surface area contributed by atoms with Crippen molar-refractivity contribution in [3.05, 3.63) is 52.1 Å². The van der Waals surface area contributed by atoms with Crippen LogP contribution in [0.2, 0.25) is 0 Å². The van der Waals surface area contributed by atoms with Crippen LogP contribution < -0.4 is 9.47 Å². The molecule has 3 rings (SSSR count). The summed E-state index contributed by atoms with van der Waals surface area (Å²) in [6, 6.07) is 7.65. The fourth-order valence-corrected chi connectivity index (χ4v) is 3.90. The Balaban J connectivity index is 1.93. The van der Waals surface area contributed by atoms with Crippen LogP contribution in [0.15, 0.2) is 24.3 Å². The Morgan fingerprint density at radius 3 is 2.44 bits per heavy atom. The maximum atomic E-state index is 10.8. The lowest BCUT2D eigenvalue weighted by molar-refractivity contribution is 0.0842. The number of phenols is 1. The van der Waals surface area contributed by atoms with Gasteiger partial charge in [-0.1, -0.05) is 19.9 Å². The first kappa shape index (κ1) is 19.5. The molecule has 5 heteroatoms. The maximum Gasteiger partial charge on any atom is 0.125 e. The fourth-order valence-electron chi connectivity index (χ4n) is 3.90. The van der Waals surface area contributed by atoms with Crippen molar-refractivity contribution in [2.24, 2.45) is 0 Å². The Morgan fingerprint density at radius 1 is 1.15 bits per heavy atom. The Labute approximate surface area is 161 Å². The van der Waals surface area contributed by atoms with E-state index in [1.807, 2.05) is 25.1 Å². The maximum absolute atomic E-state index is 10.8. The lowest BCUT2D eigenvalue weighted by Crippen LogP contribution is -2.34. The zero-order chi connectivity index (χ0) is 19.7. The van der Waals surface area contributed by atoms with Gasteiger partial charge in [-0.15, -0.1) is 0 Å². The minimum absolute atomic E-state index is 0.251. The van der Waals surface area contributed by atoms with Crippen LogP contribution in [0.3, 0.4) is 0 Å². The van der Waals surface area contributed by atoms with Gasteiger partial charge < -0.3 is 19.7 Å². The van der Waals surface area contributed by atoms with Gasteiger partial charge in [0.05, 0.1) is 20.3 Å². The van der Waals surface area contributed by atoms with Gasteiger partial charge in [-0.25, -0.2) is 0 Å². The number of β-amino-alcohol motifs (C(OH)–C–C–N with tert-alkyl or cyclic N) is 1. The van der Waals surface area contributed by atoms with Gasteiger partial charge in [0.15, 0.2) is 0 Å². The van der Waals surface area contributed by atoms with Crippen LogP contribution in [0.25, 0.3) is 0 Å². The van der Waals surface area contributed by atoms with Crippen LogP contribution in [0.1, 0.15) is 53.7 Å². The summed E-state index contributed by atoms with van der Waals surface area (Å²) in [5, 5.41) is 21.0. The van der Waals surface area contributed by atoms with Gasteiger partial charge in [0.2, 0.25) is 0 Å². The van der Waals surface area contributed by atoms with Crippen LogP contribution in [0.4, 0.5) is 0 Å². The number of hydrogen-bond donors (Lipinski definition) is 2. The Morgan fingerprint density at radius 2 is 1.81 bits per heavy atom. The molecule has 5 nitrogen and oxygen atoms in total. The highest BCUT2D eigenvalue weighted by atomic mass is 16.5. The number of fused-ring (bicyclic) bond motifs is 1. The highest BCUT2D eigenvalue weighted by molar-refractivity contribution is 5.51. The standard InChI is InChI=1S/C22H29NO4/c1-13(2)16-9-15(14(3)8-18(16)24)10-23-11-17-20(26-4)6-7-21(27-5)22(17)19(25)12-23/h6-9,13,19,24-25H,10-12H2,1-5H3/t19-/m0/s1. The number of hydrogen-bond acceptors (Lipinski definition) is 5. The number of aromatic hydroxyl groups is 1. The van der Waals surface area contributed by atoms with E-state index in [4.69, 9.17) is 9.47 Å². The molecule has 0 spiro atoms. The van der Waals surface area contributed by atoms with Gasteiger partial charge >= 0.3 is 0 Å². The predicted octanol–water partition coefficient (Wildman–Crippen LogP) is 3.89. The van der Waals surface area contributed by atoms with Crippen molar-refractivity contribution in [2.75, 3.05) is 20.8 Å². The van der Waals surface area contributed by atoms with E-state index in [2.05, 4.69) is 24.8 Å². The molecule has 2 aromatic carbocycles. The molecule has 0 bridgehead atoms. The van der Waals surface area contributed by atoms with E-state index in [-0.39, 0.29) is 5.92 Å². The van der Waals surface area contributed by atoms with Crippen LogP contribution in [-0.4, -0.2) is 35.9 Å². The van der Waals surface area contributed by atoms with E-state index in [1.165, 1.54) is 0 Å². The van der Waals surface area contributed by atoms with Crippen molar-refractivity contribution in [3.63, 3.8) is 0 Å². The van der Waals surface area contributed by atoms with Crippen LogP contribution in [0, 0.1) is 6.92 Å². The van der Waals surface area contributed by atoms with Crippen molar-refractivity contribution >= 4 is 0 Å². The van der Waals surface area contributed by atoms with Gasteiger partial charge in [0.1, 0.15) is 17.2 Å². The molecule has 2 N–H and O–H groups in total. The van der Waals surface area contributed by atoms with Crippen molar-refractivity contribution in [3.8, 4) is 17.2 Å². The second kappa shape index (κ2) is 7.79. The number of benzene rings is 2. The number of methoxy groups -OCH3 is 2. The van der Waals surface area contributed by atoms with Gasteiger partial charge in [0, 0.05) is 30.8 Å². The van der Waals surface area contributed by atoms with E-state index >= 15 is 0 Å². The lowest BCUT2D eigenvalue weighted by Gasteiger charge is -2.34. The monoisotopic (exact) mass is 371 g/mol. The normalized spacial score (nSPS) is 17.1. The molecule has 1 aliphatic rings. The second-order valence-corrected chi connectivity index (χ2v) is 7.54. The molecule has 146 valence electrons. The summed E-state index contributed by atoms with van der Waals surface area (Å²) in [4.78, 5) is 2.21. The average Bonchev–Trinajstić information content (AvgIpc) is 2.62. The summed E-state index contributed by atoms with van der Waals surface area (Å²) < 4.78 is 11.0. The number of aliphatic hydroxyl groups is 1. The molecular weight excluding hydrogens is 342 g/mol. The number of aryl methyl sites for hydroxylation is 1. The molecule has 0 radical (unpaired) electrons. The van der Waals surface area contributed by atoms with Gasteiger partial charge in [-0.05, 0) is 47.7 Å². The molecular formula is C22H29NO4. The molecule has 0 fully saturated rings. The lowest BCUT2D eigenvalue weighted by atomic mass is 9.93. The molecule has 0 saturated heterocycles. The van der Waals surface area contributed by atoms with Crippen molar-refractivity contribution in [1.29, 1.82) is 0 Å². The highest BCUT2D eigenvalue weighted by Crippen LogP contribution is 2.40. The number of ether oxygens (including phenoxy) is 2. The summed E-state index contributed by atoms with van der Waals surface area (Å²) in [5.41, 5.74) is 4.95. The summed E-state index contributed by atoms with van der Waals surface area (Å²) in [6.07, 6.45) is -0.638.